The van der Waals surface area contributed by atoms with Gasteiger partial charge in [-0.05, 0) is 53.0 Å². The molecule has 0 fully saturated rings. The largest absolute Gasteiger partial charge is 0.386 e. The van der Waals surface area contributed by atoms with E-state index in [1.54, 1.807) is 18.4 Å². The third-order valence-electron chi connectivity index (χ3n) is 3.30. The predicted octanol–water partition coefficient (Wildman–Crippen LogP) is 2.97. The maximum Gasteiger partial charge on any atom is 0.240 e. The van der Waals surface area contributed by atoms with Crippen molar-refractivity contribution in [2.24, 2.45) is 0 Å². The first kappa shape index (κ1) is 14.0. The molecular formula is C15H15BrN4O. The van der Waals surface area contributed by atoms with Crippen LogP contribution in [0.3, 0.4) is 0 Å². The van der Waals surface area contributed by atoms with Crippen LogP contribution in [0, 0.1) is 0 Å². The molecule has 0 bridgehead atoms. The number of fused-ring (bicyclic) bond motifs is 1. The van der Waals surface area contributed by atoms with Crippen molar-refractivity contribution in [3.05, 3.63) is 46.6 Å². The summed E-state index contributed by atoms with van der Waals surface area (Å²) in [6.45, 7) is 3.52. The molecule has 6 heteroatoms. The summed E-state index contributed by atoms with van der Waals surface area (Å²) in [5, 5.41) is 14.3. The third kappa shape index (κ3) is 2.64. The van der Waals surface area contributed by atoms with Gasteiger partial charge in [0.1, 0.15) is 0 Å². The molecule has 0 saturated heterocycles. The van der Waals surface area contributed by atoms with Crippen molar-refractivity contribution in [3.8, 4) is 11.1 Å². The van der Waals surface area contributed by atoms with Crippen molar-refractivity contribution in [1.82, 2.24) is 14.6 Å². The fourth-order valence-corrected chi connectivity index (χ4v) is 2.67. The molecule has 0 atom stereocenters. The highest BCUT2D eigenvalue weighted by atomic mass is 79.9. The van der Waals surface area contributed by atoms with Gasteiger partial charge in [-0.1, -0.05) is 18.2 Å². The minimum absolute atomic E-state index is 0.230. The summed E-state index contributed by atoms with van der Waals surface area (Å²) >= 11 is 3.47. The molecule has 1 aromatic carbocycles. The molecule has 3 rings (SSSR count). The van der Waals surface area contributed by atoms with Crippen molar-refractivity contribution in [2.45, 2.75) is 19.4 Å². The number of hydrogen-bond donors (Lipinski definition) is 2. The smallest absolute Gasteiger partial charge is 0.240 e. The van der Waals surface area contributed by atoms with Crippen molar-refractivity contribution in [2.75, 3.05) is 5.73 Å². The average Bonchev–Trinajstić information content (AvgIpc) is 2.77. The van der Waals surface area contributed by atoms with Gasteiger partial charge in [0.25, 0.3) is 0 Å². The predicted molar refractivity (Wildman–Crippen MR) is 85.8 cm³/mol. The Morgan fingerprint density at radius 3 is 2.76 bits per heavy atom. The molecule has 0 radical (unpaired) electrons. The minimum Gasteiger partial charge on any atom is -0.386 e. The van der Waals surface area contributed by atoms with Crippen LogP contribution < -0.4 is 5.73 Å². The van der Waals surface area contributed by atoms with Crippen LogP contribution in [0.5, 0.6) is 0 Å². The van der Waals surface area contributed by atoms with Crippen LogP contribution in [-0.2, 0) is 5.60 Å². The molecule has 0 aliphatic carbocycles. The van der Waals surface area contributed by atoms with Crippen LogP contribution in [0.2, 0.25) is 0 Å². The van der Waals surface area contributed by atoms with Gasteiger partial charge in [0.05, 0.1) is 5.60 Å². The minimum atomic E-state index is -0.898. The molecule has 2 aromatic heterocycles. The third-order valence-corrected chi connectivity index (χ3v) is 3.73. The number of aromatic nitrogens is 3. The standard InChI is InChI=1S/C15H15BrN4O/c1-15(2,21)10-5-3-4-9(6-10)12-7-11(16)8-20-13(12)18-14(17)19-20/h3-8,21H,1-2H3,(H2,17,19). The van der Waals surface area contributed by atoms with E-state index in [2.05, 4.69) is 26.0 Å². The van der Waals surface area contributed by atoms with Gasteiger partial charge < -0.3 is 10.8 Å². The van der Waals surface area contributed by atoms with E-state index in [1.165, 1.54) is 0 Å². The van der Waals surface area contributed by atoms with E-state index in [4.69, 9.17) is 5.73 Å². The number of aliphatic hydroxyl groups is 1. The van der Waals surface area contributed by atoms with Gasteiger partial charge in [0.2, 0.25) is 5.95 Å². The van der Waals surface area contributed by atoms with Crippen molar-refractivity contribution in [3.63, 3.8) is 0 Å². The lowest BCUT2D eigenvalue weighted by molar-refractivity contribution is 0.0786. The Bertz CT molecular complexity index is 820. The van der Waals surface area contributed by atoms with E-state index in [0.717, 1.165) is 21.2 Å². The molecule has 0 amide bonds. The zero-order chi connectivity index (χ0) is 15.2. The molecule has 0 aliphatic rings. The Kier molecular flexibility index (Phi) is 3.22. The van der Waals surface area contributed by atoms with Gasteiger partial charge in [-0.3, -0.25) is 0 Å². The van der Waals surface area contributed by atoms with Crippen molar-refractivity contribution < 1.29 is 5.11 Å². The first-order chi connectivity index (χ1) is 9.84. The fourth-order valence-electron chi connectivity index (χ4n) is 2.25. The lowest BCUT2D eigenvalue weighted by Crippen LogP contribution is -2.15. The number of nitrogens with two attached hydrogens (primary N) is 1. The lowest BCUT2D eigenvalue weighted by Gasteiger charge is -2.18. The zero-order valence-electron chi connectivity index (χ0n) is 11.7. The van der Waals surface area contributed by atoms with Crippen LogP contribution in [0.1, 0.15) is 19.4 Å². The highest BCUT2D eigenvalue weighted by Crippen LogP contribution is 2.30. The van der Waals surface area contributed by atoms with Crippen LogP contribution in [0.25, 0.3) is 16.8 Å². The van der Waals surface area contributed by atoms with Crippen molar-refractivity contribution >= 4 is 27.5 Å². The van der Waals surface area contributed by atoms with Gasteiger partial charge in [-0.2, -0.15) is 4.98 Å². The average molecular weight is 347 g/mol. The molecular weight excluding hydrogens is 332 g/mol. The second kappa shape index (κ2) is 4.82. The molecule has 5 nitrogen and oxygen atoms in total. The summed E-state index contributed by atoms with van der Waals surface area (Å²) in [6.07, 6.45) is 1.81. The number of rotatable bonds is 2. The van der Waals surface area contributed by atoms with Crippen LogP contribution >= 0.6 is 15.9 Å². The highest BCUT2D eigenvalue weighted by molar-refractivity contribution is 9.10. The molecule has 21 heavy (non-hydrogen) atoms. The molecule has 3 aromatic rings. The Morgan fingerprint density at radius 1 is 1.29 bits per heavy atom. The topological polar surface area (TPSA) is 76.4 Å². The second-order valence-corrected chi connectivity index (χ2v) is 6.37. The lowest BCUT2D eigenvalue weighted by atomic mass is 9.94. The molecule has 2 heterocycles. The summed E-state index contributed by atoms with van der Waals surface area (Å²) in [6, 6.07) is 9.71. The molecule has 0 unspecified atom stereocenters. The Morgan fingerprint density at radius 2 is 2.05 bits per heavy atom. The Labute approximate surface area is 130 Å². The van der Waals surface area contributed by atoms with Crippen LogP contribution in [-0.4, -0.2) is 19.7 Å². The van der Waals surface area contributed by atoms with E-state index in [0.29, 0.717) is 5.65 Å². The second-order valence-electron chi connectivity index (χ2n) is 5.45. The zero-order valence-corrected chi connectivity index (χ0v) is 13.3. The van der Waals surface area contributed by atoms with E-state index in [9.17, 15) is 5.11 Å². The number of hydrogen-bond acceptors (Lipinski definition) is 4. The summed E-state index contributed by atoms with van der Waals surface area (Å²) in [5.41, 5.74) is 8.17. The number of nitrogen functional groups attached to an aromatic ring is 1. The first-order valence-corrected chi connectivity index (χ1v) is 7.28. The molecule has 0 spiro atoms. The SMILES string of the molecule is CC(C)(O)c1cccc(-c2cc(Br)cn3nc(N)nc23)c1. The van der Waals surface area contributed by atoms with Gasteiger partial charge in [0, 0.05) is 16.2 Å². The molecule has 108 valence electrons. The van der Waals surface area contributed by atoms with Gasteiger partial charge >= 0.3 is 0 Å². The monoisotopic (exact) mass is 346 g/mol. The molecule has 3 N–H and O–H groups in total. The fraction of sp³-hybridized carbons (Fsp3) is 0.200. The number of benzene rings is 1. The van der Waals surface area contributed by atoms with Crippen LogP contribution in [0.15, 0.2) is 41.0 Å². The maximum absolute atomic E-state index is 10.2. The van der Waals surface area contributed by atoms with E-state index in [-0.39, 0.29) is 5.95 Å². The van der Waals surface area contributed by atoms with Gasteiger partial charge in [-0.15, -0.1) is 5.10 Å². The molecule has 0 saturated carbocycles. The number of pyridine rings is 1. The first-order valence-electron chi connectivity index (χ1n) is 6.49. The van der Waals surface area contributed by atoms with Crippen LogP contribution in [0.4, 0.5) is 5.95 Å². The number of halogens is 1. The summed E-state index contributed by atoms with van der Waals surface area (Å²) in [5.74, 6) is 0.230. The van der Waals surface area contributed by atoms with Crippen molar-refractivity contribution in [1.29, 1.82) is 0 Å². The number of anilines is 1. The molecule has 0 aliphatic heterocycles. The quantitative estimate of drug-likeness (QED) is 0.747. The van der Waals surface area contributed by atoms with E-state index >= 15 is 0 Å². The summed E-state index contributed by atoms with van der Waals surface area (Å²) in [7, 11) is 0. The summed E-state index contributed by atoms with van der Waals surface area (Å²) in [4.78, 5) is 4.27. The summed E-state index contributed by atoms with van der Waals surface area (Å²) < 4.78 is 2.52. The van der Waals surface area contributed by atoms with E-state index in [1.807, 2.05) is 36.5 Å². The number of nitrogens with zero attached hydrogens (tertiary/aromatic N) is 3. The Balaban J connectivity index is 2.25. The Hall–Kier alpha value is -1.92. The highest BCUT2D eigenvalue weighted by Gasteiger charge is 2.17. The maximum atomic E-state index is 10.2. The van der Waals surface area contributed by atoms with E-state index < -0.39 is 5.60 Å². The van der Waals surface area contributed by atoms with Gasteiger partial charge in [-0.25, -0.2) is 4.52 Å². The normalized spacial score (nSPS) is 12.0. The van der Waals surface area contributed by atoms with Gasteiger partial charge in [0.15, 0.2) is 5.65 Å².